The van der Waals surface area contributed by atoms with Crippen molar-refractivity contribution in [2.75, 3.05) is 13.8 Å². The molecule has 3 rings (SSSR count). The number of amides is 1. The van der Waals surface area contributed by atoms with Crippen LogP contribution in [0.4, 0.5) is 0 Å². The minimum Gasteiger partial charge on any atom is -0.427 e. The summed E-state index contributed by atoms with van der Waals surface area (Å²) in [6.07, 6.45) is 0.805. The number of ether oxygens (including phenoxy) is 2. The predicted octanol–water partition coefficient (Wildman–Crippen LogP) is 4.13. The lowest BCUT2D eigenvalue weighted by Gasteiger charge is -2.32. The minimum absolute atomic E-state index is 0.0709. The fourth-order valence-corrected chi connectivity index (χ4v) is 3.70. The molecule has 1 aliphatic carbocycles. The van der Waals surface area contributed by atoms with Gasteiger partial charge in [0.05, 0.1) is 22.1 Å². The van der Waals surface area contributed by atoms with E-state index in [1.165, 1.54) is 12.0 Å². The Kier molecular flexibility index (Phi) is 5.08. The average Bonchev–Trinajstić information content (AvgIpc) is 3.26. The first kappa shape index (κ1) is 19.2. The fraction of sp³-hybridized carbons (Fsp3) is 0.474. The lowest BCUT2D eigenvalue weighted by atomic mass is 9.98. The molecular formula is C19H21Cl2NO4. The monoisotopic (exact) mass is 397 g/mol. The largest absolute Gasteiger partial charge is 0.427 e. The number of halogens is 2. The van der Waals surface area contributed by atoms with Crippen LogP contribution in [-0.2, 0) is 19.1 Å². The van der Waals surface area contributed by atoms with Gasteiger partial charge in [-0.15, -0.1) is 0 Å². The Balaban J connectivity index is 2.09. The zero-order chi connectivity index (χ0) is 19.2. The molecule has 2 aliphatic rings. The van der Waals surface area contributed by atoms with Crippen LogP contribution >= 0.6 is 23.2 Å². The van der Waals surface area contributed by atoms with Crippen LogP contribution in [0, 0.1) is 11.8 Å². The highest BCUT2D eigenvalue weighted by Crippen LogP contribution is 2.45. The summed E-state index contributed by atoms with van der Waals surface area (Å²) in [5.74, 6) is -0.122. The standard InChI is InChI=1S/C19H21Cl2NO4/c1-10-7-13(10)18(24)26-16-15(12-6-5-11(20)8-14(12)21)17(23)22(9-25-4)19(16,2)3/h5-6,8,10,13H,7,9H2,1-4H3. The second-order valence-corrected chi connectivity index (χ2v) is 8.12. The Morgan fingerprint density at radius 3 is 2.54 bits per heavy atom. The van der Waals surface area contributed by atoms with E-state index in [1.807, 2.05) is 20.8 Å². The maximum atomic E-state index is 13.1. The first-order chi connectivity index (χ1) is 12.2. The minimum atomic E-state index is -0.848. The van der Waals surface area contributed by atoms with E-state index in [2.05, 4.69) is 0 Å². The highest BCUT2D eigenvalue weighted by atomic mass is 35.5. The summed E-state index contributed by atoms with van der Waals surface area (Å²) in [6.45, 7) is 5.71. The molecule has 0 N–H and O–H groups in total. The molecule has 0 aromatic heterocycles. The maximum absolute atomic E-state index is 13.1. The third-order valence-corrected chi connectivity index (χ3v) is 5.54. The van der Waals surface area contributed by atoms with Crippen molar-refractivity contribution in [2.45, 2.75) is 32.7 Å². The molecule has 0 saturated heterocycles. The number of benzene rings is 1. The SMILES string of the molecule is COCN1C(=O)C(c2ccc(Cl)cc2Cl)=C(OC(=O)C2CC2C)C1(C)C. The topological polar surface area (TPSA) is 55.8 Å². The van der Waals surface area contributed by atoms with E-state index >= 15 is 0 Å². The third kappa shape index (κ3) is 3.24. The highest BCUT2D eigenvalue weighted by molar-refractivity contribution is 6.38. The molecule has 1 fully saturated rings. The molecule has 1 aromatic rings. The number of carbonyl (C=O) groups is 2. The van der Waals surface area contributed by atoms with E-state index in [0.717, 1.165) is 6.42 Å². The average molecular weight is 398 g/mol. The van der Waals surface area contributed by atoms with Gasteiger partial charge in [-0.2, -0.15) is 0 Å². The molecule has 1 aromatic carbocycles. The molecule has 26 heavy (non-hydrogen) atoms. The molecule has 7 heteroatoms. The van der Waals surface area contributed by atoms with Gasteiger partial charge in [0.25, 0.3) is 5.91 Å². The Morgan fingerprint density at radius 1 is 1.35 bits per heavy atom. The van der Waals surface area contributed by atoms with Crippen molar-refractivity contribution in [3.05, 3.63) is 39.6 Å². The van der Waals surface area contributed by atoms with Crippen molar-refractivity contribution < 1.29 is 19.1 Å². The zero-order valence-corrected chi connectivity index (χ0v) is 16.6. The number of hydrogen-bond acceptors (Lipinski definition) is 4. The van der Waals surface area contributed by atoms with E-state index in [4.69, 9.17) is 32.7 Å². The highest BCUT2D eigenvalue weighted by Gasteiger charge is 2.50. The van der Waals surface area contributed by atoms with Crippen LogP contribution in [0.3, 0.4) is 0 Å². The summed E-state index contributed by atoms with van der Waals surface area (Å²) in [6, 6.07) is 4.88. The zero-order valence-electron chi connectivity index (χ0n) is 15.1. The van der Waals surface area contributed by atoms with Crippen LogP contribution in [0.2, 0.25) is 10.0 Å². The van der Waals surface area contributed by atoms with Crippen LogP contribution in [0.5, 0.6) is 0 Å². The van der Waals surface area contributed by atoms with Gasteiger partial charge in [0.2, 0.25) is 0 Å². The second-order valence-electron chi connectivity index (χ2n) is 7.28. The molecule has 0 bridgehead atoms. The first-order valence-electron chi connectivity index (χ1n) is 8.41. The first-order valence-corrected chi connectivity index (χ1v) is 9.16. The third-order valence-electron chi connectivity index (χ3n) is 4.99. The molecule has 5 nitrogen and oxygen atoms in total. The van der Waals surface area contributed by atoms with Crippen molar-refractivity contribution in [1.82, 2.24) is 4.90 Å². The van der Waals surface area contributed by atoms with Gasteiger partial charge in [-0.1, -0.05) is 36.2 Å². The predicted molar refractivity (Wildman–Crippen MR) is 99.5 cm³/mol. The Hall–Kier alpha value is -1.56. The van der Waals surface area contributed by atoms with E-state index in [0.29, 0.717) is 27.3 Å². The summed E-state index contributed by atoms with van der Waals surface area (Å²) in [5, 5.41) is 0.785. The molecular weight excluding hydrogens is 377 g/mol. The van der Waals surface area contributed by atoms with Crippen LogP contribution in [-0.4, -0.2) is 36.2 Å². The number of hydrogen-bond donors (Lipinski definition) is 0. The summed E-state index contributed by atoms with van der Waals surface area (Å²) >= 11 is 12.3. The number of methoxy groups -OCH3 is 1. The molecule has 1 amide bonds. The van der Waals surface area contributed by atoms with Gasteiger partial charge in [-0.3, -0.25) is 9.59 Å². The molecule has 0 spiro atoms. The summed E-state index contributed by atoms with van der Waals surface area (Å²) in [5.41, 5.74) is -0.0890. The van der Waals surface area contributed by atoms with Crippen LogP contribution in [0.25, 0.3) is 5.57 Å². The molecule has 140 valence electrons. The van der Waals surface area contributed by atoms with Crippen LogP contribution in [0.15, 0.2) is 24.0 Å². The van der Waals surface area contributed by atoms with E-state index < -0.39 is 5.54 Å². The molecule has 1 aliphatic heterocycles. The van der Waals surface area contributed by atoms with Gasteiger partial charge in [0.15, 0.2) is 0 Å². The lowest BCUT2D eigenvalue weighted by Crippen LogP contribution is -2.45. The molecule has 1 saturated carbocycles. The lowest BCUT2D eigenvalue weighted by molar-refractivity contribution is -0.145. The number of rotatable bonds is 5. The summed E-state index contributed by atoms with van der Waals surface area (Å²) in [7, 11) is 1.51. The number of nitrogens with zero attached hydrogens (tertiary/aromatic N) is 1. The van der Waals surface area contributed by atoms with Crippen LogP contribution in [0.1, 0.15) is 32.8 Å². The van der Waals surface area contributed by atoms with Crippen molar-refractivity contribution >= 4 is 40.7 Å². The molecule has 0 radical (unpaired) electrons. The fourth-order valence-electron chi connectivity index (χ4n) is 3.20. The normalized spacial score (nSPS) is 24.2. The van der Waals surface area contributed by atoms with Gasteiger partial charge in [0.1, 0.15) is 12.5 Å². The second kappa shape index (κ2) is 6.87. The van der Waals surface area contributed by atoms with Gasteiger partial charge in [0, 0.05) is 17.7 Å². The smallest absolute Gasteiger partial charge is 0.314 e. The van der Waals surface area contributed by atoms with Crippen molar-refractivity contribution in [1.29, 1.82) is 0 Å². The quantitative estimate of drug-likeness (QED) is 0.700. The maximum Gasteiger partial charge on any atom is 0.314 e. The van der Waals surface area contributed by atoms with Gasteiger partial charge in [-0.05, 0) is 38.3 Å². The van der Waals surface area contributed by atoms with E-state index in [-0.39, 0.29) is 30.1 Å². The Morgan fingerprint density at radius 2 is 2.00 bits per heavy atom. The molecule has 2 atom stereocenters. The Bertz CT molecular complexity index is 803. The van der Waals surface area contributed by atoms with E-state index in [9.17, 15) is 9.59 Å². The van der Waals surface area contributed by atoms with E-state index in [1.54, 1.807) is 18.2 Å². The number of carbonyl (C=O) groups excluding carboxylic acids is 2. The van der Waals surface area contributed by atoms with Gasteiger partial charge >= 0.3 is 5.97 Å². The molecule has 1 heterocycles. The summed E-state index contributed by atoms with van der Waals surface area (Å²) in [4.78, 5) is 27.1. The Labute approximate surface area is 162 Å². The van der Waals surface area contributed by atoms with Gasteiger partial charge < -0.3 is 14.4 Å². The number of esters is 1. The van der Waals surface area contributed by atoms with Crippen molar-refractivity contribution in [3.8, 4) is 0 Å². The molecule has 2 unspecified atom stereocenters. The van der Waals surface area contributed by atoms with Crippen molar-refractivity contribution in [3.63, 3.8) is 0 Å². The van der Waals surface area contributed by atoms with Crippen molar-refractivity contribution in [2.24, 2.45) is 11.8 Å². The van der Waals surface area contributed by atoms with Gasteiger partial charge in [-0.25, -0.2) is 0 Å². The van der Waals surface area contributed by atoms with Crippen LogP contribution < -0.4 is 0 Å². The summed E-state index contributed by atoms with van der Waals surface area (Å²) < 4.78 is 10.9.